The van der Waals surface area contributed by atoms with Crippen molar-refractivity contribution in [2.75, 3.05) is 5.73 Å². The fourth-order valence-electron chi connectivity index (χ4n) is 2.41. The Morgan fingerprint density at radius 2 is 2.25 bits per heavy atom. The molecule has 0 aliphatic heterocycles. The average Bonchev–Trinajstić information content (AvgIpc) is 3.13. The number of anilines is 1. The van der Waals surface area contributed by atoms with Crippen LogP contribution in [0.2, 0.25) is 0 Å². The highest BCUT2D eigenvalue weighted by Crippen LogP contribution is 2.40. The molecular formula is C12H15N5O3. The number of aliphatic hydroxyl groups excluding tert-OH is 2. The topological polar surface area (TPSA) is 127 Å². The normalized spacial score (nSPS) is 24.5. The fraction of sp³-hybridized carbons (Fsp3) is 0.500. The number of aliphatic hydroxyl groups is 2. The second-order valence-corrected chi connectivity index (χ2v) is 5.09. The number of aldehydes is 1. The Balaban J connectivity index is 1.76. The van der Waals surface area contributed by atoms with Gasteiger partial charge in [-0.2, -0.15) is 0 Å². The highest BCUT2D eigenvalue weighted by molar-refractivity contribution is 5.81. The van der Waals surface area contributed by atoms with E-state index in [1.807, 2.05) is 0 Å². The summed E-state index contributed by atoms with van der Waals surface area (Å²) in [6.07, 6.45) is 2.35. The number of rotatable bonds is 5. The minimum atomic E-state index is -0.987. The molecule has 2 aromatic heterocycles. The summed E-state index contributed by atoms with van der Waals surface area (Å²) < 4.78 is 1.61. The largest absolute Gasteiger partial charge is 0.390 e. The van der Waals surface area contributed by atoms with Crippen LogP contribution in [0, 0.1) is 11.8 Å². The molecule has 1 aliphatic carbocycles. The van der Waals surface area contributed by atoms with Gasteiger partial charge in [0.2, 0.25) is 0 Å². The maximum Gasteiger partial charge on any atom is 0.165 e. The third-order valence-electron chi connectivity index (χ3n) is 3.71. The average molecular weight is 277 g/mol. The summed E-state index contributed by atoms with van der Waals surface area (Å²) in [6.45, 7) is 0.135. The molecule has 2 aromatic rings. The molecule has 106 valence electrons. The Morgan fingerprint density at radius 3 is 2.95 bits per heavy atom. The standard InChI is InChI=1S/C12H15N5O3/c13-11-9-12(15-4-14-11)17(5-16-9)2-8(19)10(20)7-1-6(7)3-18/h3-8,10,19-20H,1-2H2,(H2,13,14,15). The van der Waals surface area contributed by atoms with Crippen molar-refractivity contribution in [2.24, 2.45) is 11.8 Å². The van der Waals surface area contributed by atoms with Gasteiger partial charge in [0.15, 0.2) is 11.5 Å². The number of fused-ring (bicyclic) bond motifs is 1. The molecule has 0 aromatic carbocycles. The molecule has 4 N–H and O–H groups in total. The minimum Gasteiger partial charge on any atom is -0.390 e. The first-order valence-corrected chi connectivity index (χ1v) is 6.34. The van der Waals surface area contributed by atoms with Crippen molar-refractivity contribution in [2.45, 2.75) is 25.2 Å². The van der Waals surface area contributed by atoms with Gasteiger partial charge in [-0.1, -0.05) is 0 Å². The van der Waals surface area contributed by atoms with E-state index in [-0.39, 0.29) is 24.2 Å². The summed E-state index contributed by atoms with van der Waals surface area (Å²) in [4.78, 5) is 22.6. The van der Waals surface area contributed by atoms with Crippen LogP contribution in [0.25, 0.3) is 11.2 Å². The van der Waals surface area contributed by atoms with Crippen molar-refractivity contribution >= 4 is 23.3 Å². The van der Waals surface area contributed by atoms with Crippen LogP contribution in [0.4, 0.5) is 5.82 Å². The highest BCUT2D eigenvalue weighted by Gasteiger charge is 2.44. The number of carbonyl (C=O) groups excluding carboxylic acids is 1. The minimum absolute atomic E-state index is 0.135. The number of hydrogen-bond donors (Lipinski definition) is 3. The molecule has 4 atom stereocenters. The molecule has 0 amide bonds. The van der Waals surface area contributed by atoms with Crippen LogP contribution in [0.3, 0.4) is 0 Å². The molecule has 2 heterocycles. The number of hydrogen-bond acceptors (Lipinski definition) is 7. The lowest BCUT2D eigenvalue weighted by Gasteiger charge is -2.18. The van der Waals surface area contributed by atoms with E-state index in [1.165, 1.54) is 12.7 Å². The van der Waals surface area contributed by atoms with E-state index in [2.05, 4.69) is 15.0 Å². The molecule has 0 spiro atoms. The molecule has 0 radical (unpaired) electrons. The van der Waals surface area contributed by atoms with Crippen LogP contribution >= 0.6 is 0 Å². The smallest absolute Gasteiger partial charge is 0.165 e. The number of nitrogens with zero attached hydrogens (tertiary/aromatic N) is 4. The van der Waals surface area contributed by atoms with Crippen molar-refractivity contribution in [1.82, 2.24) is 19.5 Å². The predicted octanol–water partition coefficient (Wildman–Crippen LogP) is -1.03. The molecule has 8 nitrogen and oxygen atoms in total. The maximum atomic E-state index is 10.6. The van der Waals surface area contributed by atoms with E-state index in [0.717, 1.165) is 6.29 Å². The molecule has 4 unspecified atom stereocenters. The first-order chi connectivity index (χ1) is 9.61. The zero-order valence-corrected chi connectivity index (χ0v) is 10.6. The van der Waals surface area contributed by atoms with Gasteiger partial charge in [0.05, 0.1) is 25.1 Å². The number of nitrogens with two attached hydrogens (primary N) is 1. The Kier molecular flexibility index (Phi) is 3.11. The van der Waals surface area contributed by atoms with E-state index in [1.54, 1.807) is 4.57 Å². The lowest BCUT2D eigenvalue weighted by atomic mass is 10.1. The van der Waals surface area contributed by atoms with E-state index in [9.17, 15) is 15.0 Å². The van der Waals surface area contributed by atoms with Gasteiger partial charge in [-0.15, -0.1) is 0 Å². The van der Waals surface area contributed by atoms with Crippen LogP contribution in [-0.2, 0) is 11.3 Å². The predicted molar refractivity (Wildman–Crippen MR) is 69.4 cm³/mol. The van der Waals surface area contributed by atoms with Gasteiger partial charge in [0.1, 0.15) is 18.1 Å². The van der Waals surface area contributed by atoms with Gasteiger partial charge < -0.3 is 25.3 Å². The van der Waals surface area contributed by atoms with Crippen LogP contribution < -0.4 is 5.73 Å². The molecule has 8 heteroatoms. The zero-order chi connectivity index (χ0) is 14.3. The van der Waals surface area contributed by atoms with Gasteiger partial charge in [-0.25, -0.2) is 15.0 Å². The lowest BCUT2D eigenvalue weighted by Crippen LogP contribution is -2.32. The Morgan fingerprint density at radius 1 is 1.45 bits per heavy atom. The summed E-state index contributed by atoms with van der Waals surface area (Å²) in [5, 5.41) is 20.0. The highest BCUT2D eigenvalue weighted by atomic mass is 16.3. The van der Waals surface area contributed by atoms with Crippen molar-refractivity contribution in [3.05, 3.63) is 12.7 Å². The van der Waals surface area contributed by atoms with Crippen LogP contribution in [0.5, 0.6) is 0 Å². The second kappa shape index (κ2) is 4.80. The van der Waals surface area contributed by atoms with Gasteiger partial charge >= 0.3 is 0 Å². The first-order valence-electron chi connectivity index (χ1n) is 6.34. The van der Waals surface area contributed by atoms with Gasteiger partial charge in [-0.05, 0) is 12.3 Å². The fourth-order valence-corrected chi connectivity index (χ4v) is 2.41. The van der Waals surface area contributed by atoms with E-state index < -0.39 is 12.2 Å². The molecule has 0 bridgehead atoms. The summed E-state index contributed by atoms with van der Waals surface area (Å²) in [5.41, 5.74) is 6.65. The van der Waals surface area contributed by atoms with Crippen molar-refractivity contribution in [3.63, 3.8) is 0 Å². The second-order valence-electron chi connectivity index (χ2n) is 5.09. The molecule has 3 rings (SSSR count). The van der Waals surface area contributed by atoms with Crippen molar-refractivity contribution in [1.29, 1.82) is 0 Å². The lowest BCUT2D eigenvalue weighted by molar-refractivity contribution is -0.109. The number of carbonyl (C=O) groups is 1. The summed E-state index contributed by atoms with van der Waals surface area (Å²) in [5.74, 6) is -0.0267. The van der Waals surface area contributed by atoms with Gasteiger partial charge in [-0.3, -0.25) is 0 Å². The number of aromatic nitrogens is 4. The van der Waals surface area contributed by atoms with E-state index in [0.29, 0.717) is 17.6 Å². The van der Waals surface area contributed by atoms with Crippen molar-refractivity contribution in [3.8, 4) is 0 Å². The summed E-state index contributed by atoms with van der Waals surface area (Å²) in [7, 11) is 0. The molecule has 1 saturated carbocycles. The maximum absolute atomic E-state index is 10.6. The summed E-state index contributed by atoms with van der Waals surface area (Å²) in [6, 6.07) is 0. The molecule has 1 aliphatic rings. The Hall–Kier alpha value is -2.06. The molecular weight excluding hydrogens is 262 g/mol. The summed E-state index contributed by atoms with van der Waals surface area (Å²) >= 11 is 0. The number of imidazole rings is 1. The van der Waals surface area contributed by atoms with E-state index in [4.69, 9.17) is 5.73 Å². The monoisotopic (exact) mass is 277 g/mol. The molecule has 1 fully saturated rings. The first kappa shape index (κ1) is 12.9. The molecule has 20 heavy (non-hydrogen) atoms. The van der Waals surface area contributed by atoms with Gasteiger partial charge in [0.25, 0.3) is 0 Å². The molecule has 0 saturated heterocycles. The Bertz CT molecular complexity index is 643. The van der Waals surface area contributed by atoms with Crippen LogP contribution in [-0.4, -0.2) is 48.2 Å². The SMILES string of the molecule is Nc1ncnc2c1ncn2CC(O)C(O)C1CC1C=O. The third kappa shape index (κ3) is 2.12. The van der Waals surface area contributed by atoms with Crippen molar-refractivity contribution < 1.29 is 15.0 Å². The van der Waals surface area contributed by atoms with Crippen LogP contribution in [0.15, 0.2) is 12.7 Å². The third-order valence-corrected chi connectivity index (χ3v) is 3.71. The Labute approximate surface area is 114 Å². The van der Waals surface area contributed by atoms with Crippen LogP contribution in [0.1, 0.15) is 6.42 Å². The quantitative estimate of drug-likeness (QED) is 0.596. The zero-order valence-electron chi connectivity index (χ0n) is 10.6. The van der Waals surface area contributed by atoms with Gasteiger partial charge in [0, 0.05) is 5.92 Å². The van der Waals surface area contributed by atoms with E-state index >= 15 is 0 Å². The number of nitrogen functional groups attached to an aromatic ring is 1.